The lowest BCUT2D eigenvalue weighted by molar-refractivity contribution is -0.130. The zero-order valence-corrected chi connectivity index (χ0v) is 30.8. The van der Waals surface area contributed by atoms with Crippen LogP contribution in [0, 0.1) is 0 Å². The SMILES string of the molecule is CC(=O)CCCOCCOCCOCCOCCC(=O)NC(CCCCN)C(=O)NCCOCCOCCOCCOCCC(=O)C1SS1. The number of hydrogen-bond acceptors (Lipinski definition) is 15. The van der Waals surface area contributed by atoms with E-state index in [1.807, 2.05) is 0 Å². The van der Waals surface area contributed by atoms with Gasteiger partial charge in [-0.15, -0.1) is 0 Å². The van der Waals surface area contributed by atoms with Crippen molar-refractivity contribution in [1.82, 2.24) is 10.6 Å². The molecular weight excluding hydrogens is 682 g/mol. The minimum atomic E-state index is -0.662. The van der Waals surface area contributed by atoms with Crippen LogP contribution in [-0.4, -0.2) is 153 Å². The summed E-state index contributed by atoms with van der Waals surface area (Å²) in [5, 5.41) is 5.61. The van der Waals surface area contributed by atoms with Crippen molar-refractivity contribution < 1.29 is 57.1 Å². The summed E-state index contributed by atoms with van der Waals surface area (Å²) in [4.78, 5) is 47.6. The Morgan fingerprint density at radius 2 is 1.06 bits per heavy atom. The average Bonchev–Trinajstić information content (AvgIpc) is 3.93. The van der Waals surface area contributed by atoms with Gasteiger partial charge >= 0.3 is 0 Å². The quantitative estimate of drug-likeness (QED) is 0.0466. The number of ketones is 2. The van der Waals surface area contributed by atoms with E-state index in [-0.39, 0.29) is 41.0 Å². The molecule has 1 heterocycles. The van der Waals surface area contributed by atoms with Gasteiger partial charge in [-0.2, -0.15) is 0 Å². The zero-order chi connectivity index (χ0) is 35.6. The first-order valence-corrected chi connectivity index (χ1v) is 19.4. The molecule has 0 aromatic carbocycles. The van der Waals surface area contributed by atoms with Crippen LogP contribution < -0.4 is 16.4 Å². The van der Waals surface area contributed by atoms with Crippen molar-refractivity contribution in [3.05, 3.63) is 0 Å². The van der Waals surface area contributed by atoms with Crippen molar-refractivity contribution in [3.8, 4) is 0 Å². The largest absolute Gasteiger partial charge is 0.379 e. The van der Waals surface area contributed by atoms with E-state index in [0.29, 0.717) is 138 Å². The van der Waals surface area contributed by atoms with Crippen molar-refractivity contribution in [2.75, 3.05) is 119 Å². The van der Waals surface area contributed by atoms with Crippen LogP contribution in [0.5, 0.6) is 0 Å². The fourth-order valence-corrected chi connectivity index (χ4v) is 5.25. The Bertz CT molecular complexity index is 858. The first-order valence-electron chi connectivity index (χ1n) is 17.2. The maximum atomic E-state index is 12.7. The maximum absolute atomic E-state index is 12.7. The third-order valence-corrected chi connectivity index (χ3v) is 8.68. The lowest BCUT2D eigenvalue weighted by Crippen LogP contribution is -2.47. The second kappa shape index (κ2) is 33.7. The van der Waals surface area contributed by atoms with Crippen LogP contribution in [0.25, 0.3) is 0 Å². The second-order valence-corrected chi connectivity index (χ2v) is 13.7. The van der Waals surface area contributed by atoms with Crippen LogP contribution in [-0.2, 0) is 57.1 Å². The summed E-state index contributed by atoms with van der Waals surface area (Å²) in [6.07, 6.45) is 3.78. The third kappa shape index (κ3) is 31.1. The molecule has 0 aromatic rings. The van der Waals surface area contributed by atoms with Gasteiger partial charge in [0.15, 0.2) is 5.78 Å². The molecule has 1 aliphatic rings. The van der Waals surface area contributed by atoms with Crippen molar-refractivity contribution in [2.45, 2.75) is 62.5 Å². The van der Waals surface area contributed by atoms with Gasteiger partial charge in [-0.25, -0.2) is 0 Å². The molecule has 1 atom stereocenters. The highest BCUT2D eigenvalue weighted by atomic mass is 33.2. The molecule has 2 amide bonds. The summed E-state index contributed by atoms with van der Waals surface area (Å²) in [5.41, 5.74) is 5.59. The molecular formula is C32H59N3O12S2. The van der Waals surface area contributed by atoms with Gasteiger partial charge < -0.3 is 59.1 Å². The number of nitrogens with one attached hydrogen (secondary N) is 2. The predicted octanol–water partition coefficient (Wildman–Crippen LogP) is 1.29. The minimum absolute atomic E-state index is 0.116. The molecule has 1 rings (SSSR count). The molecule has 0 aliphatic carbocycles. The molecule has 1 fully saturated rings. The first kappa shape index (κ1) is 45.6. The van der Waals surface area contributed by atoms with Gasteiger partial charge in [0.1, 0.15) is 16.4 Å². The molecule has 1 saturated heterocycles. The lowest BCUT2D eigenvalue weighted by atomic mass is 10.1. The maximum Gasteiger partial charge on any atom is 0.242 e. The minimum Gasteiger partial charge on any atom is -0.379 e. The predicted molar refractivity (Wildman–Crippen MR) is 188 cm³/mol. The van der Waals surface area contributed by atoms with Gasteiger partial charge in [-0.1, -0.05) is 21.6 Å². The van der Waals surface area contributed by atoms with Gasteiger partial charge in [-0.05, 0) is 39.2 Å². The number of Topliss-reactive ketones (excluding diaryl/α,β-unsaturated/α-hetero) is 2. The number of hydrogen-bond donors (Lipinski definition) is 3. The molecule has 0 saturated carbocycles. The summed E-state index contributed by atoms with van der Waals surface area (Å²) in [5.74, 6) is -0.143. The highest BCUT2D eigenvalue weighted by Gasteiger charge is 2.31. The highest BCUT2D eigenvalue weighted by Crippen LogP contribution is 2.53. The van der Waals surface area contributed by atoms with Crippen LogP contribution in [0.2, 0.25) is 0 Å². The summed E-state index contributed by atoms with van der Waals surface area (Å²) in [6.45, 7) is 8.92. The smallest absolute Gasteiger partial charge is 0.242 e. The second-order valence-electron chi connectivity index (χ2n) is 10.9. The monoisotopic (exact) mass is 741 g/mol. The fraction of sp³-hybridized carbons (Fsp3) is 0.875. The van der Waals surface area contributed by atoms with E-state index in [1.54, 1.807) is 28.5 Å². The molecule has 4 N–H and O–H groups in total. The fourth-order valence-electron chi connectivity index (χ4n) is 3.94. The lowest BCUT2D eigenvalue weighted by Gasteiger charge is -2.18. The molecule has 0 radical (unpaired) electrons. The Morgan fingerprint density at radius 1 is 0.592 bits per heavy atom. The van der Waals surface area contributed by atoms with Crippen LogP contribution in [0.1, 0.15) is 51.9 Å². The van der Waals surface area contributed by atoms with Crippen LogP contribution in [0.4, 0.5) is 0 Å². The van der Waals surface area contributed by atoms with E-state index in [9.17, 15) is 19.2 Å². The van der Waals surface area contributed by atoms with Gasteiger partial charge in [0, 0.05) is 32.4 Å². The molecule has 15 nitrogen and oxygen atoms in total. The topological polar surface area (TPSA) is 192 Å². The van der Waals surface area contributed by atoms with Gasteiger partial charge in [0.05, 0.1) is 99.1 Å². The summed E-state index contributed by atoms with van der Waals surface area (Å²) < 4.78 is 43.6. The Balaban J connectivity index is 1.97. The average molecular weight is 742 g/mol. The van der Waals surface area contributed by atoms with Crippen molar-refractivity contribution >= 4 is 45.0 Å². The summed E-state index contributed by atoms with van der Waals surface area (Å²) in [7, 11) is 3.19. The van der Waals surface area contributed by atoms with E-state index in [1.165, 1.54) is 0 Å². The molecule has 17 heteroatoms. The number of rotatable bonds is 38. The van der Waals surface area contributed by atoms with Crippen LogP contribution in [0.15, 0.2) is 0 Å². The van der Waals surface area contributed by atoms with Gasteiger partial charge in [-0.3, -0.25) is 14.4 Å². The number of carbonyl (C=O) groups excluding carboxylic acids is 4. The number of amides is 2. The van der Waals surface area contributed by atoms with E-state index in [2.05, 4.69) is 10.6 Å². The van der Waals surface area contributed by atoms with Crippen molar-refractivity contribution in [2.24, 2.45) is 5.73 Å². The van der Waals surface area contributed by atoms with Gasteiger partial charge in [0.25, 0.3) is 0 Å². The molecule has 1 aliphatic heterocycles. The first-order chi connectivity index (χ1) is 23.9. The van der Waals surface area contributed by atoms with E-state index >= 15 is 0 Å². The number of nitrogens with two attached hydrogens (primary N) is 1. The van der Waals surface area contributed by atoms with E-state index in [4.69, 9.17) is 43.6 Å². The molecule has 0 bridgehead atoms. The molecule has 0 spiro atoms. The Morgan fingerprint density at radius 3 is 1.55 bits per heavy atom. The highest BCUT2D eigenvalue weighted by molar-refractivity contribution is 8.93. The molecule has 0 aromatic heterocycles. The van der Waals surface area contributed by atoms with Crippen LogP contribution in [0.3, 0.4) is 0 Å². The number of unbranched alkanes of at least 4 members (excludes halogenated alkanes) is 1. The van der Waals surface area contributed by atoms with E-state index < -0.39 is 6.04 Å². The van der Waals surface area contributed by atoms with Gasteiger partial charge in [0.2, 0.25) is 11.8 Å². The van der Waals surface area contributed by atoms with Crippen molar-refractivity contribution in [3.63, 3.8) is 0 Å². The molecule has 1 unspecified atom stereocenters. The Labute approximate surface area is 299 Å². The van der Waals surface area contributed by atoms with E-state index in [0.717, 1.165) is 12.8 Å². The Hall–Kier alpha value is -1.38. The normalized spacial score (nSPS) is 13.3. The number of ether oxygens (including phenoxy) is 8. The summed E-state index contributed by atoms with van der Waals surface area (Å²) in [6, 6.07) is -0.662. The number of carbonyl (C=O) groups is 4. The zero-order valence-electron chi connectivity index (χ0n) is 29.1. The molecule has 49 heavy (non-hydrogen) atoms. The van der Waals surface area contributed by atoms with Crippen molar-refractivity contribution in [1.29, 1.82) is 0 Å². The summed E-state index contributed by atoms with van der Waals surface area (Å²) >= 11 is 0. The Kier molecular flexibility index (Phi) is 31.4. The van der Waals surface area contributed by atoms with Crippen LogP contribution >= 0.6 is 21.6 Å². The third-order valence-electron chi connectivity index (χ3n) is 6.62. The standard InChI is InChI=1S/C32H59N3O12S2/c1-27(36)5-4-11-40-15-19-44-23-24-46-21-17-42-13-8-30(38)35-28(6-2-3-9-33)31(39)34-10-14-43-18-22-47-26-25-45-20-16-41-12-7-29(37)32-48-49-32/h28,32H,2-26,33H2,1H3,(H,34,39)(H,35,38). The molecule has 286 valence electrons.